The minimum atomic E-state index is -0.215. The fraction of sp³-hybridized carbons (Fsp3) is 0.619. The van der Waals surface area contributed by atoms with Crippen molar-refractivity contribution in [1.29, 1.82) is 0 Å². The molecule has 140 valence electrons. The predicted molar refractivity (Wildman–Crippen MR) is 102 cm³/mol. The number of carbonyl (C=O) groups excluding carboxylic acids is 1. The van der Waals surface area contributed by atoms with Crippen LogP contribution < -0.4 is 0 Å². The van der Waals surface area contributed by atoms with E-state index in [-0.39, 0.29) is 18.4 Å². The largest absolute Gasteiger partial charge is 0.396 e. The highest BCUT2D eigenvalue weighted by molar-refractivity contribution is 5.80. The molecule has 1 N–H and O–H groups in total. The molecule has 1 aromatic heterocycles. The summed E-state index contributed by atoms with van der Waals surface area (Å²) >= 11 is 0. The predicted octanol–water partition coefficient (Wildman–Crippen LogP) is 2.93. The van der Waals surface area contributed by atoms with Crippen LogP contribution in [0.4, 0.5) is 0 Å². The molecule has 2 aromatic rings. The van der Waals surface area contributed by atoms with Gasteiger partial charge in [-0.05, 0) is 42.7 Å². The second kappa shape index (κ2) is 6.38. The maximum Gasteiger partial charge on any atom is 0.228 e. The summed E-state index contributed by atoms with van der Waals surface area (Å²) in [6.45, 7) is 6.03. The highest BCUT2D eigenvalue weighted by atomic mass is 16.3. The Hall–Kier alpha value is -1.88. The van der Waals surface area contributed by atoms with Crippen LogP contribution in [-0.4, -0.2) is 45.4 Å². The first-order chi connectivity index (χ1) is 12.5. The average Bonchev–Trinajstić information content (AvgIpc) is 2.94. The van der Waals surface area contributed by atoms with Crippen molar-refractivity contribution in [3.63, 3.8) is 0 Å². The van der Waals surface area contributed by atoms with Gasteiger partial charge in [0.05, 0.1) is 24.2 Å². The van der Waals surface area contributed by atoms with Crippen LogP contribution in [0.3, 0.4) is 0 Å². The van der Waals surface area contributed by atoms with Crippen molar-refractivity contribution in [2.45, 2.75) is 39.0 Å². The molecular weight excluding hydrogens is 326 g/mol. The number of likely N-dealkylation sites (tertiary alicyclic amines) is 1. The second-order valence-electron chi connectivity index (χ2n) is 8.53. The smallest absolute Gasteiger partial charge is 0.228 e. The zero-order chi connectivity index (χ0) is 18.5. The van der Waals surface area contributed by atoms with E-state index in [1.54, 1.807) is 0 Å². The zero-order valence-corrected chi connectivity index (χ0v) is 16.0. The van der Waals surface area contributed by atoms with E-state index in [9.17, 15) is 9.90 Å². The lowest BCUT2D eigenvalue weighted by molar-refractivity contribution is -0.161. The number of fused-ring (bicyclic) bond motifs is 1. The van der Waals surface area contributed by atoms with E-state index in [0.29, 0.717) is 17.3 Å². The molecule has 5 nitrogen and oxygen atoms in total. The van der Waals surface area contributed by atoms with E-state index in [2.05, 4.69) is 30.2 Å². The molecule has 1 aliphatic heterocycles. The van der Waals surface area contributed by atoms with Crippen molar-refractivity contribution >= 4 is 16.8 Å². The fourth-order valence-electron chi connectivity index (χ4n) is 4.94. The number of amides is 1. The lowest BCUT2D eigenvalue weighted by Gasteiger charge is -2.60. The molecule has 1 saturated carbocycles. The second-order valence-corrected chi connectivity index (χ2v) is 8.53. The summed E-state index contributed by atoms with van der Waals surface area (Å²) in [5, 5.41) is 14.9. The van der Waals surface area contributed by atoms with Gasteiger partial charge in [0.25, 0.3) is 0 Å². The Morgan fingerprint density at radius 3 is 2.77 bits per heavy atom. The Bertz CT molecular complexity index is 810. The molecule has 0 unspecified atom stereocenters. The number of aliphatic hydroxyl groups is 1. The molecule has 1 saturated heterocycles. The third kappa shape index (κ3) is 2.73. The van der Waals surface area contributed by atoms with Crippen LogP contribution in [-0.2, 0) is 11.8 Å². The molecule has 1 aromatic carbocycles. The van der Waals surface area contributed by atoms with Crippen molar-refractivity contribution in [2.75, 3.05) is 19.7 Å². The highest BCUT2D eigenvalue weighted by Crippen LogP contribution is 2.56. The van der Waals surface area contributed by atoms with E-state index in [4.69, 9.17) is 0 Å². The first-order valence-electron chi connectivity index (χ1n) is 9.77. The number of aryl methyl sites for hydroxylation is 1. The summed E-state index contributed by atoms with van der Waals surface area (Å²) in [6.07, 6.45) is 5.04. The molecule has 5 heteroatoms. The van der Waals surface area contributed by atoms with E-state index >= 15 is 0 Å². The number of aromatic nitrogens is 2. The normalized spacial score (nSPS) is 21.5. The lowest BCUT2D eigenvalue weighted by atomic mass is 9.54. The van der Waals surface area contributed by atoms with Gasteiger partial charge in [-0.25, -0.2) is 0 Å². The van der Waals surface area contributed by atoms with Gasteiger partial charge in [-0.15, -0.1) is 0 Å². The van der Waals surface area contributed by atoms with Crippen LogP contribution in [0.2, 0.25) is 0 Å². The maximum absolute atomic E-state index is 12.3. The van der Waals surface area contributed by atoms with Gasteiger partial charge in [-0.1, -0.05) is 26.0 Å². The standard InChI is InChI=1S/C21H29N3O2/c1-4-15(11-25)20(26)24-12-21(13-24)8-18(9-21)14(2)16-5-6-17-10-22-23(3)19(17)7-16/h5-7,10,14-15,18,25H,4,8-9,11-13H2,1-3H3/t14-,15+/m0/s1. The van der Waals surface area contributed by atoms with Crippen LogP contribution in [0.1, 0.15) is 44.6 Å². The summed E-state index contributed by atoms with van der Waals surface area (Å²) in [4.78, 5) is 14.3. The third-order valence-electron chi connectivity index (χ3n) is 6.82. The van der Waals surface area contributed by atoms with E-state index in [1.165, 1.54) is 29.3 Å². The Kier molecular flexibility index (Phi) is 4.30. The first-order valence-corrected chi connectivity index (χ1v) is 9.77. The molecule has 2 atom stereocenters. The minimum absolute atomic E-state index is 0.0328. The van der Waals surface area contributed by atoms with Gasteiger partial charge < -0.3 is 10.0 Å². The van der Waals surface area contributed by atoms with E-state index in [0.717, 1.165) is 19.5 Å². The number of hydrogen-bond acceptors (Lipinski definition) is 3. The van der Waals surface area contributed by atoms with Gasteiger partial charge in [0.1, 0.15) is 0 Å². The summed E-state index contributed by atoms with van der Waals surface area (Å²) in [5.41, 5.74) is 2.93. The molecule has 0 radical (unpaired) electrons. The highest BCUT2D eigenvalue weighted by Gasteiger charge is 2.55. The molecule has 2 heterocycles. The van der Waals surface area contributed by atoms with Crippen molar-refractivity contribution < 1.29 is 9.90 Å². The van der Waals surface area contributed by atoms with Crippen LogP contribution >= 0.6 is 0 Å². The molecule has 1 amide bonds. The monoisotopic (exact) mass is 355 g/mol. The van der Waals surface area contributed by atoms with Gasteiger partial charge >= 0.3 is 0 Å². The van der Waals surface area contributed by atoms with Crippen LogP contribution in [0, 0.1) is 17.3 Å². The quantitative estimate of drug-likeness (QED) is 0.897. The molecule has 1 spiro atoms. The SMILES string of the molecule is CC[C@H](CO)C(=O)N1CC2(CC([C@@H](C)c3ccc4cnn(C)c4c3)C2)C1. The third-order valence-corrected chi connectivity index (χ3v) is 6.82. The van der Waals surface area contributed by atoms with Gasteiger partial charge in [-0.3, -0.25) is 9.48 Å². The van der Waals surface area contributed by atoms with Gasteiger partial charge in [0.15, 0.2) is 0 Å². The van der Waals surface area contributed by atoms with E-state index < -0.39 is 0 Å². The summed E-state index contributed by atoms with van der Waals surface area (Å²) < 4.78 is 1.94. The maximum atomic E-state index is 12.3. The molecule has 0 bridgehead atoms. The molecule has 2 fully saturated rings. The van der Waals surface area contributed by atoms with Crippen molar-refractivity contribution in [2.24, 2.45) is 24.3 Å². The Morgan fingerprint density at radius 1 is 1.38 bits per heavy atom. The van der Waals surface area contributed by atoms with Crippen LogP contribution in [0.25, 0.3) is 10.9 Å². The average molecular weight is 355 g/mol. The Morgan fingerprint density at radius 2 is 2.12 bits per heavy atom. The van der Waals surface area contributed by atoms with E-state index in [1.807, 2.05) is 29.7 Å². The summed E-state index contributed by atoms with van der Waals surface area (Å²) in [5.74, 6) is 1.15. The number of nitrogens with zero attached hydrogens (tertiary/aromatic N) is 3. The fourth-order valence-corrected chi connectivity index (χ4v) is 4.94. The molecule has 4 rings (SSSR count). The van der Waals surface area contributed by atoms with Crippen molar-refractivity contribution in [1.82, 2.24) is 14.7 Å². The summed E-state index contributed by atoms with van der Waals surface area (Å²) in [7, 11) is 1.99. The van der Waals surface area contributed by atoms with Crippen molar-refractivity contribution in [3.8, 4) is 0 Å². The molecular formula is C21H29N3O2. The molecule has 26 heavy (non-hydrogen) atoms. The van der Waals surface area contributed by atoms with Gasteiger partial charge in [0, 0.05) is 30.9 Å². The Balaban J connectivity index is 1.36. The molecule has 2 aliphatic rings. The number of rotatable bonds is 5. The van der Waals surface area contributed by atoms with Crippen molar-refractivity contribution in [3.05, 3.63) is 30.0 Å². The summed E-state index contributed by atoms with van der Waals surface area (Å²) in [6, 6.07) is 6.69. The minimum Gasteiger partial charge on any atom is -0.396 e. The Labute approximate surface area is 155 Å². The number of benzene rings is 1. The zero-order valence-electron chi connectivity index (χ0n) is 16.0. The lowest BCUT2D eigenvalue weighted by Crippen LogP contribution is -2.65. The number of aliphatic hydroxyl groups excluding tert-OH is 1. The first kappa shape index (κ1) is 17.5. The molecule has 1 aliphatic carbocycles. The van der Waals surface area contributed by atoms with Crippen LogP contribution in [0.15, 0.2) is 24.4 Å². The van der Waals surface area contributed by atoms with Gasteiger partial charge in [0.2, 0.25) is 5.91 Å². The number of hydrogen-bond donors (Lipinski definition) is 1. The number of carbonyl (C=O) groups is 1. The topological polar surface area (TPSA) is 58.4 Å². The van der Waals surface area contributed by atoms with Gasteiger partial charge in [-0.2, -0.15) is 5.10 Å². The van der Waals surface area contributed by atoms with Crippen LogP contribution in [0.5, 0.6) is 0 Å².